The van der Waals surface area contributed by atoms with Crippen LogP contribution in [0.15, 0.2) is 54.2 Å². The largest absolute Gasteiger partial charge is 0.365 e. The SMILES string of the molecule is O=C1Nc2cccc(F)c2C1=CNc1ccc(N2CCC3CCCC=C3C2)c(F)c1. The Morgan fingerprint density at radius 2 is 2.03 bits per heavy atom. The van der Waals surface area contributed by atoms with Gasteiger partial charge in [-0.1, -0.05) is 17.7 Å². The molecule has 2 heterocycles. The Morgan fingerprint density at radius 3 is 2.90 bits per heavy atom. The molecule has 1 atom stereocenters. The summed E-state index contributed by atoms with van der Waals surface area (Å²) in [6.45, 7) is 1.64. The van der Waals surface area contributed by atoms with Crippen LogP contribution in [-0.4, -0.2) is 19.0 Å². The molecule has 30 heavy (non-hydrogen) atoms. The van der Waals surface area contributed by atoms with Crippen LogP contribution in [0.3, 0.4) is 0 Å². The van der Waals surface area contributed by atoms with Gasteiger partial charge in [-0.3, -0.25) is 4.79 Å². The maximum atomic E-state index is 14.9. The average Bonchev–Trinajstić information content (AvgIpc) is 3.08. The second-order valence-corrected chi connectivity index (χ2v) is 8.10. The third-order valence-corrected chi connectivity index (χ3v) is 6.26. The minimum Gasteiger partial charge on any atom is -0.365 e. The molecule has 6 heteroatoms. The summed E-state index contributed by atoms with van der Waals surface area (Å²) in [5.41, 5.74) is 3.40. The predicted molar refractivity (Wildman–Crippen MR) is 115 cm³/mol. The van der Waals surface area contributed by atoms with E-state index in [0.29, 0.717) is 23.0 Å². The van der Waals surface area contributed by atoms with Crippen LogP contribution in [0.4, 0.5) is 25.8 Å². The van der Waals surface area contributed by atoms with Crippen LogP contribution in [0.5, 0.6) is 0 Å². The minimum atomic E-state index is -0.471. The second-order valence-electron chi connectivity index (χ2n) is 8.10. The lowest BCUT2D eigenvalue weighted by Crippen LogP contribution is -2.36. The van der Waals surface area contributed by atoms with Crippen molar-refractivity contribution in [1.29, 1.82) is 0 Å². The molecule has 1 saturated heterocycles. The normalized spacial score (nSPS) is 21.7. The van der Waals surface area contributed by atoms with Gasteiger partial charge in [0.05, 0.1) is 16.9 Å². The van der Waals surface area contributed by atoms with Gasteiger partial charge in [0.1, 0.15) is 11.6 Å². The lowest BCUT2D eigenvalue weighted by atomic mass is 9.82. The summed E-state index contributed by atoms with van der Waals surface area (Å²) in [7, 11) is 0. The monoisotopic (exact) mass is 407 g/mol. The van der Waals surface area contributed by atoms with Crippen molar-refractivity contribution in [3.63, 3.8) is 0 Å². The fourth-order valence-electron chi connectivity index (χ4n) is 4.70. The third-order valence-electron chi connectivity index (χ3n) is 6.26. The molecule has 2 aliphatic heterocycles. The number of piperidine rings is 1. The zero-order chi connectivity index (χ0) is 20.7. The first kappa shape index (κ1) is 18.9. The third kappa shape index (κ3) is 3.36. The minimum absolute atomic E-state index is 0.193. The zero-order valence-corrected chi connectivity index (χ0v) is 16.6. The summed E-state index contributed by atoms with van der Waals surface area (Å²) in [4.78, 5) is 14.3. The van der Waals surface area contributed by atoms with Gasteiger partial charge >= 0.3 is 0 Å². The van der Waals surface area contributed by atoms with Gasteiger partial charge in [-0.2, -0.15) is 0 Å². The molecule has 3 aliphatic rings. The van der Waals surface area contributed by atoms with Crippen LogP contribution in [0.25, 0.3) is 5.57 Å². The van der Waals surface area contributed by atoms with E-state index < -0.39 is 5.82 Å². The van der Waals surface area contributed by atoms with Crippen LogP contribution in [-0.2, 0) is 4.79 Å². The van der Waals surface area contributed by atoms with Crippen LogP contribution in [0.2, 0.25) is 0 Å². The van der Waals surface area contributed by atoms with Gasteiger partial charge < -0.3 is 15.5 Å². The molecule has 154 valence electrons. The van der Waals surface area contributed by atoms with Gasteiger partial charge in [0.25, 0.3) is 5.91 Å². The molecule has 1 amide bonds. The van der Waals surface area contributed by atoms with Crippen LogP contribution in [0.1, 0.15) is 31.2 Å². The molecule has 1 fully saturated rings. The smallest absolute Gasteiger partial charge is 0.257 e. The van der Waals surface area contributed by atoms with E-state index in [0.717, 1.165) is 25.9 Å². The van der Waals surface area contributed by atoms with Gasteiger partial charge in [-0.25, -0.2) is 8.78 Å². The summed E-state index contributed by atoms with van der Waals surface area (Å²) in [5.74, 6) is -0.508. The predicted octanol–water partition coefficient (Wildman–Crippen LogP) is 5.31. The number of carbonyl (C=O) groups excluding carboxylic acids is 1. The first-order valence-corrected chi connectivity index (χ1v) is 10.4. The number of halogens is 2. The van der Waals surface area contributed by atoms with Crippen molar-refractivity contribution in [2.24, 2.45) is 5.92 Å². The molecule has 0 spiro atoms. The van der Waals surface area contributed by atoms with Crippen LogP contribution >= 0.6 is 0 Å². The number of anilines is 3. The van der Waals surface area contributed by atoms with Crippen molar-refractivity contribution in [1.82, 2.24) is 0 Å². The summed E-state index contributed by atoms with van der Waals surface area (Å²) >= 11 is 0. The quantitative estimate of drug-likeness (QED) is 0.536. The second kappa shape index (κ2) is 7.59. The van der Waals surface area contributed by atoms with Crippen LogP contribution < -0.4 is 15.5 Å². The molecule has 1 unspecified atom stereocenters. The Bertz CT molecular complexity index is 1080. The van der Waals surface area contributed by atoms with Crippen molar-refractivity contribution < 1.29 is 13.6 Å². The Morgan fingerprint density at radius 1 is 1.13 bits per heavy atom. The number of allylic oxidation sites excluding steroid dienone is 1. The number of nitrogens with zero attached hydrogens (tertiary/aromatic N) is 1. The number of amides is 1. The first-order chi connectivity index (χ1) is 14.6. The number of benzene rings is 2. The van der Waals surface area contributed by atoms with Gasteiger partial charge in [-0.05, 0) is 61.9 Å². The van der Waals surface area contributed by atoms with Crippen molar-refractivity contribution in [2.45, 2.75) is 25.7 Å². The van der Waals surface area contributed by atoms with Crippen molar-refractivity contribution in [3.8, 4) is 0 Å². The first-order valence-electron chi connectivity index (χ1n) is 10.4. The average molecular weight is 407 g/mol. The van der Waals surface area contributed by atoms with E-state index in [1.54, 1.807) is 24.3 Å². The topological polar surface area (TPSA) is 44.4 Å². The highest BCUT2D eigenvalue weighted by atomic mass is 19.1. The summed E-state index contributed by atoms with van der Waals surface area (Å²) in [6, 6.07) is 9.48. The van der Waals surface area contributed by atoms with Crippen molar-refractivity contribution >= 4 is 28.5 Å². The fraction of sp³-hybridized carbons (Fsp3) is 0.292. The lowest BCUT2D eigenvalue weighted by Gasteiger charge is -2.37. The number of carbonyl (C=O) groups is 1. The number of hydrogen-bond acceptors (Lipinski definition) is 3. The maximum Gasteiger partial charge on any atom is 0.257 e. The highest BCUT2D eigenvalue weighted by Crippen LogP contribution is 2.36. The number of nitrogens with one attached hydrogen (secondary N) is 2. The maximum absolute atomic E-state index is 14.9. The fourth-order valence-corrected chi connectivity index (χ4v) is 4.70. The highest BCUT2D eigenvalue weighted by molar-refractivity contribution is 6.31. The van der Waals surface area contributed by atoms with E-state index >= 15 is 0 Å². The number of rotatable bonds is 3. The molecule has 2 aromatic rings. The van der Waals surface area contributed by atoms with Crippen molar-refractivity contribution in [2.75, 3.05) is 28.6 Å². The van der Waals surface area contributed by atoms with E-state index in [4.69, 9.17) is 0 Å². The molecule has 0 saturated carbocycles. The highest BCUT2D eigenvalue weighted by Gasteiger charge is 2.28. The lowest BCUT2D eigenvalue weighted by molar-refractivity contribution is -0.110. The molecule has 4 nitrogen and oxygen atoms in total. The Balaban J connectivity index is 1.34. The number of hydrogen-bond donors (Lipinski definition) is 2. The standard InChI is InChI=1S/C24H23F2N3O/c25-19-6-3-7-21-23(19)18(24(30)28-21)13-27-17-8-9-22(20(26)12-17)29-11-10-15-4-1-2-5-16(15)14-29/h3,5-9,12-13,15,27H,1-2,4,10-11,14H2,(H,28,30). The molecule has 0 radical (unpaired) electrons. The molecule has 2 aromatic carbocycles. The Kier molecular flexibility index (Phi) is 4.77. The van der Waals surface area contributed by atoms with E-state index in [-0.39, 0.29) is 22.9 Å². The van der Waals surface area contributed by atoms with E-state index in [1.165, 1.54) is 36.7 Å². The van der Waals surface area contributed by atoms with Gasteiger partial charge in [0.15, 0.2) is 0 Å². The zero-order valence-electron chi connectivity index (χ0n) is 16.6. The van der Waals surface area contributed by atoms with Crippen LogP contribution in [0, 0.1) is 17.6 Å². The van der Waals surface area contributed by atoms with Crippen molar-refractivity contribution in [3.05, 3.63) is 71.4 Å². The number of fused-ring (bicyclic) bond motifs is 2. The Hall–Kier alpha value is -3.15. The van der Waals surface area contributed by atoms with Gasteiger partial charge in [0.2, 0.25) is 0 Å². The van der Waals surface area contributed by atoms with Gasteiger partial charge in [-0.15, -0.1) is 0 Å². The van der Waals surface area contributed by atoms with E-state index in [2.05, 4.69) is 21.6 Å². The molecular formula is C24H23F2N3O. The molecule has 0 bridgehead atoms. The van der Waals surface area contributed by atoms with Gasteiger partial charge in [0, 0.05) is 30.5 Å². The molecule has 2 N–H and O–H groups in total. The summed E-state index contributed by atoms with van der Waals surface area (Å²) < 4.78 is 29.0. The summed E-state index contributed by atoms with van der Waals surface area (Å²) in [5, 5.41) is 5.58. The Labute approximate surface area is 174 Å². The van der Waals surface area contributed by atoms with E-state index in [1.807, 2.05) is 0 Å². The summed E-state index contributed by atoms with van der Waals surface area (Å²) in [6.07, 6.45) is 8.44. The molecule has 5 rings (SSSR count). The molecule has 1 aliphatic carbocycles. The molecule has 0 aromatic heterocycles. The molecular weight excluding hydrogens is 384 g/mol. The van der Waals surface area contributed by atoms with E-state index in [9.17, 15) is 13.6 Å².